The lowest BCUT2D eigenvalue weighted by Gasteiger charge is -2.12. The van der Waals surface area contributed by atoms with E-state index in [2.05, 4.69) is 31.2 Å². The third kappa shape index (κ3) is 4.07. The molecule has 0 unspecified atom stereocenters. The largest absolute Gasteiger partial charge is 0.493 e. The number of aryl methyl sites for hydroxylation is 1. The van der Waals surface area contributed by atoms with E-state index in [0.29, 0.717) is 0 Å². The van der Waals surface area contributed by atoms with Crippen molar-refractivity contribution < 1.29 is 4.74 Å². The van der Waals surface area contributed by atoms with Crippen molar-refractivity contribution in [1.29, 1.82) is 0 Å². The molecule has 1 heteroatoms. The zero-order chi connectivity index (χ0) is 11.9. The van der Waals surface area contributed by atoms with Crippen LogP contribution in [0.5, 0.6) is 5.75 Å². The van der Waals surface area contributed by atoms with Crippen LogP contribution >= 0.6 is 0 Å². The van der Waals surface area contributed by atoms with Gasteiger partial charge in [-0.15, -0.1) is 0 Å². The van der Waals surface area contributed by atoms with Crippen LogP contribution in [0, 0.1) is 5.92 Å². The molecule has 0 aliphatic heterocycles. The third-order valence-electron chi connectivity index (χ3n) is 3.68. The topological polar surface area (TPSA) is 9.23 Å². The smallest absolute Gasteiger partial charge is 0.119 e. The normalized spacial score (nSPS) is 16.3. The molecule has 0 spiro atoms. The molecule has 1 fully saturated rings. The minimum Gasteiger partial charge on any atom is -0.493 e. The molecular formula is C16H24O. The van der Waals surface area contributed by atoms with Crippen LogP contribution in [-0.2, 0) is 6.42 Å². The molecule has 0 saturated heterocycles. The summed E-state index contributed by atoms with van der Waals surface area (Å²) < 4.78 is 5.91. The van der Waals surface area contributed by atoms with Gasteiger partial charge in [0, 0.05) is 0 Å². The minimum atomic E-state index is 0.800. The first kappa shape index (κ1) is 12.5. The highest BCUT2D eigenvalue weighted by atomic mass is 16.5. The summed E-state index contributed by atoms with van der Waals surface area (Å²) in [5.74, 6) is 1.86. The Morgan fingerprint density at radius 3 is 2.82 bits per heavy atom. The molecule has 1 aromatic carbocycles. The Bertz CT molecular complexity index is 326. The van der Waals surface area contributed by atoms with Crippen molar-refractivity contribution in [2.75, 3.05) is 6.61 Å². The minimum absolute atomic E-state index is 0.800. The van der Waals surface area contributed by atoms with E-state index >= 15 is 0 Å². The number of hydrogen-bond acceptors (Lipinski definition) is 1. The van der Waals surface area contributed by atoms with Gasteiger partial charge in [0.15, 0.2) is 0 Å². The molecule has 1 nitrogen and oxygen atoms in total. The van der Waals surface area contributed by atoms with Gasteiger partial charge in [0.1, 0.15) is 5.75 Å². The molecule has 0 aromatic heterocycles. The van der Waals surface area contributed by atoms with Gasteiger partial charge in [0.05, 0.1) is 6.61 Å². The molecule has 1 aliphatic carbocycles. The van der Waals surface area contributed by atoms with Gasteiger partial charge in [0.25, 0.3) is 0 Å². The van der Waals surface area contributed by atoms with Crippen molar-refractivity contribution in [2.45, 2.75) is 51.9 Å². The standard InChI is InChI=1S/C16H24O/c1-2-3-7-14-10-6-11-16(12-14)17-13-15-8-4-5-9-15/h6,10-12,15H,2-5,7-9,13H2,1H3. The Hall–Kier alpha value is -0.980. The molecule has 1 aromatic rings. The Morgan fingerprint density at radius 1 is 1.24 bits per heavy atom. The van der Waals surface area contributed by atoms with Gasteiger partial charge >= 0.3 is 0 Å². The summed E-state index contributed by atoms with van der Waals surface area (Å²) in [6.45, 7) is 3.15. The summed E-state index contributed by atoms with van der Waals surface area (Å²) in [7, 11) is 0. The quantitative estimate of drug-likeness (QED) is 0.696. The van der Waals surface area contributed by atoms with Gasteiger partial charge in [-0.05, 0) is 49.3 Å². The predicted octanol–water partition coefficient (Wildman–Crippen LogP) is 4.60. The Kier molecular flexibility index (Phi) is 4.90. The van der Waals surface area contributed by atoms with E-state index in [1.54, 1.807) is 0 Å². The van der Waals surface area contributed by atoms with Crippen LogP contribution in [0.4, 0.5) is 0 Å². The fraction of sp³-hybridized carbons (Fsp3) is 0.625. The number of hydrogen-bond donors (Lipinski definition) is 0. The molecule has 0 radical (unpaired) electrons. The van der Waals surface area contributed by atoms with Gasteiger partial charge in [-0.25, -0.2) is 0 Å². The summed E-state index contributed by atoms with van der Waals surface area (Å²) in [6.07, 6.45) is 9.20. The van der Waals surface area contributed by atoms with Crippen LogP contribution in [0.15, 0.2) is 24.3 Å². The van der Waals surface area contributed by atoms with Gasteiger partial charge in [0.2, 0.25) is 0 Å². The van der Waals surface area contributed by atoms with Crippen LogP contribution < -0.4 is 4.74 Å². The van der Waals surface area contributed by atoms with Crippen LogP contribution in [0.1, 0.15) is 51.0 Å². The predicted molar refractivity (Wildman–Crippen MR) is 72.5 cm³/mol. The molecule has 17 heavy (non-hydrogen) atoms. The van der Waals surface area contributed by atoms with E-state index in [1.165, 1.54) is 50.5 Å². The second-order valence-corrected chi connectivity index (χ2v) is 5.21. The van der Waals surface area contributed by atoms with Crippen molar-refractivity contribution in [1.82, 2.24) is 0 Å². The lowest BCUT2D eigenvalue weighted by molar-refractivity contribution is 0.252. The molecule has 0 N–H and O–H groups in total. The molecule has 1 saturated carbocycles. The first-order chi connectivity index (χ1) is 8.38. The molecule has 0 amide bonds. The molecule has 1 aliphatic rings. The summed E-state index contributed by atoms with van der Waals surface area (Å²) in [6, 6.07) is 8.63. The van der Waals surface area contributed by atoms with Crippen molar-refractivity contribution in [3.8, 4) is 5.75 Å². The summed E-state index contributed by atoms with van der Waals surface area (Å²) in [4.78, 5) is 0. The van der Waals surface area contributed by atoms with Crippen molar-refractivity contribution in [2.24, 2.45) is 5.92 Å². The SMILES string of the molecule is CCCCc1cccc(OCC2CCCC2)c1. The highest BCUT2D eigenvalue weighted by Gasteiger charge is 2.15. The maximum atomic E-state index is 5.91. The highest BCUT2D eigenvalue weighted by Crippen LogP contribution is 2.25. The van der Waals surface area contributed by atoms with E-state index in [-0.39, 0.29) is 0 Å². The number of ether oxygens (including phenoxy) is 1. The van der Waals surface area contributed by atoms with Crippen molar-refractivity contribution >= 4 is 0 Å². The fourth-order valence-corrected chi connectivity index (χ4v) is 2.56. The summed E-state index contributed by atoms with van der Waals surface area (Å²) in [5.41, 5.74) is 1.41. The lowest BCUT2D eigenvalue weighted by Crippen LogP contribution is -2.08. The molecule has 0 bridgehead atoms. The Balaban J connectivity index is 1.82. The van der Waals surface area contributed by atoms with Crippen molar-refractivity contribution in [3.05, 3.63) is 29.8 Å². The van der Waals surface area contributed by atoms with Crippen molar-refractivity contribution in [3.63, 3.8) is 0 Å². The first-order valence-electron chi connectivity index (χ1n) is 7.10. The summed E-state index contributed by atoms with van der Waals surface area (Å²) >= 11 is 0. The maximum absolute atomic E-state index is 5.91. The molecule has 2 rings (SSSR count). The van der Waals surface area contributed by atoms with Crippen LogP contribution in [-0.4, -0.2) is 6.61 Å². The average Bonchev–Trinajstić information content (AvgIpc) is 2.87. The lowest BCUT2D eigenvalue weighted by atomic mass is 10.1. The zero-order valence-corrected chi connectivity index (χ0v) is 11.0. The van der Waals surface area contributed by atoms with E-state index in [9.17, 15) is 0 Å². The van der Waals surface area contributed by atoms with E-state index < -0.39 is 0 Å². The number of unbranched alkanes of at least 4 members (excludes halogenated alkanes) is 1. The van der Waals surface area contributed by atoms with Crippen LogP contribution in [0.2, 0.25) is 0 Å². The summed E-state index contributed by atoms with van der Waals surface area (Å²) in [5, 5.41) is 0. The van der Waals surface area contributed by atoms with Gasteiger partial charge in [-0.2, -0.15) is 0 Å². The monoisotopic (exact) mass is 232 g/mol. The molecule has 0 heterocycles. The number of rotatable bonds is 6. The number of benzene rings is 1. The highest BCUT2D eigenvalue weighted by molar-refractivity contribution is 5.28. The van der Waals surface area contributed by atoms with Gasteiger partial charge in [-0.3, -0.25) is 0 Å². The van der Waals surface area contributed by atoms with E-state index in [4.69, 9.17) is 4.74 Å². The Labute approximate surface area is 105 Å². The second kappa shape index (κ2) is 6.68. The van der Waals surface area contributed by atoms with Gasteiger partial charge in [-0.1, -0.05) is 38.3 Å². The maximum Gasteiger partial charge on any atom is 0.119 e. The zero-order valence-electron chi connectivity index (χ0n) is 11.0. The van der Waals surface area contributed by atoms with E-state index in [1.807, 2.05) is 0 Å². The molecule has 0 atom stereocenters. The van der Waals surface area contributed by atoms with Crippen LogP contribution in [0.3, 0.4) is 0 Å². The third-order valence-corrected chi connectivity index (χ3v) is 3.68. The molecular weight excluding hydrogens is 208 g/mol. The fourth-order valence-electron chi connectivity index (χ4n) is 2.56. The second-order valence-electron chi connectivity index (χ2n) is 5.21. The average molecular weight is 232 g/mol. The Morgan fingerprint density at radius 2 is 2.06 bits per heavy atom. The van der Waals surface area contributed by atoms with Gasteiger partial charge < -0.3 is 4.74 Å². The van der Waals surface area contributed by atoms with E-state index in [0.717, 1.165) is 18.3 Å². The first-order valence-corrected chi connectivity index (χ1v) is 7.10. The van der Waals surface area contributed by atoms with Crippen LogP contribution in [0.25, 0.3) is 0 Å². The molecule has 94 valence electrons.